The van der Waals surface area contributed by atoms with Gasteiger partial charge in [-0.1, -0.05) is 0 Å². The van der Waals surface area contributed by atoms with E-state index in [0.717, 1.165) is 6.26 Å². The molecule has 1 heterocycles. The lowest BCUT2D eigenvalue weighted by Crippen LogP contribution is -2.03. The Kier molecular flexibility index (Phi) is 5.15. The van der Waals surface area contributed by atoms with Crippen LogP contribution >= 0.6 is 0 Å². The van der Waals surface area contributed by atoms with E-state index in [-0.39, 0.29) is 27.9 Å². The summed E-state index contributed by atoms with van der Waals surface area (Å²) in [4.78, 5) is 23.0. The first-order valence-corrected chi connectivity index (χ1v) is 7.85. The van der Waals surface area contributed by atoms with Crippen LogP contribution in [0.15, 0.2) is 51.9 Å². The van der Waals surface area contributed by atoms with Crippen molar-refractivity contribution < 1.29 is 28.2 Å². The van der Waals surface area contributed by atoms with Gasteiger partial charge in [0.15, 0.2) is 29.1 Å². The van der Waals surface area contributed by atoms with Gasteiger partial charge in [0.2, 0.25) is 0 Å². The van der Waals surface area contributed by atoms with E-state index < -0.39 is 0 Å². The fourth-order valence-corrected chi connectivity index (χ4v) is 2.68. The molecule has 0 saturated heterocycles. The number of benzene rings is 2. The fraction of sp³-hybridized carbons (Fsp3) is 0.150. The second kappa shape index (κ2) is 7.68. The zero-order chi connectivity index (χ0) is 19.4. The highest BCUT2D eigenvalue weighted by molar-refractivity contribution is 5.86. The summed E-state index contributed by atoms with van der Waals surface area (Å²) in [6.45, 7) is 0. The maximum atomic E-state index is 12.6. The summed E-state index contributed by atoms with van der Waals surface area (Å²) < 4.78 is 26.8. The Morgan fingerprint density at radius 1 is 0.926 bits per heavy atom. The molecule has 0 radical (unpaired) electrons. The molecule has 1 aromatic heterocycles. The minimum absolute atomic E-state index is 0.251. The van der Waals surface area contributed by atoms with E-state index in [9.17, 15) is 9.59 Å². The normalized spacial score (nSPS) is 10.2. The number of methoxy groups -OCH3 is 3. The third-order valence-corrected chi connectivity index (χ3v) is 3.90. The highest BCUT2D eigenvalue weighted by Crippen LogP contribution is 2.35. The van der Waals surface area contributed by atoms with Crippen LogP contribution in [-0.4, -0.2) is 27.3 Å². The molecule has 0 aliphatic carbocycles. The average molecular weight is 368 g/mol. The molecule has 0 aliphatic rings. The Morgan fingerprint density at radius 3 is 2.33 bits per heavy atom. The van der Waals surface area contributed by atoms with Crippen LogP contribution in [0.2, 0.25) is 0 Å². The van der Waals surface area contributed by atoms with Gasteiger partial charge in [0.05, 0.1) is 21.3 Å². The first kappa shape index (κ1) is 18.1. The number of carbonyl (C=O) groups excluding carboxylic acids is 1. The Labute approximate surface area is 154 Å². The lowest BCUT2D eigenvalue weighted by atomic mass is 10.1. The number of hydrogen-bond donors (Lipinski definition) is 0. The van der Waals surface area contributed by atoms with Crippen LogP contribution in [0.25, 0.3) is 22.3 Å². The predicted octanol–water partition coefficient (Wildman–Crippen LogP) is 3.21. The number of rotatable bonds is 6. The van der Waals surface area contributed by atoms with Gasteiger partial charge in [0.25, 0.3) is 0 Å². The van der Waals surface area contributed by atoms with Crippen molar-refractivity contribution in [1.29, 1.82) is 0 Å². The molecule has 3 rings (SSSR count). The highest BCUT2D eigenvalue weighted by Gasteiger charge is 2.15. The maximum Gasteiger partial charge on any atom is 0.197 e. The molecule has 3 aromatic rings. The molecule has 2 aromatic carbocycles. The zero-order valence-electron chi connectivity index (χ0n) is 14.9. The van der Waals surface area contributed by atoms with Gasteiger partial charge in [-0.2, -0.15) is 0 Å². The number of fused-ring (bicyclic) bond motifs is 1. The van der Waals surface area contributed by atoms with E-state index in [0.29, 0.717) is 22.8 Å². The summed E-state index contributed by atoms with van der Waals surface area (Å²) in [5.74, 6) is 3.46. The molecule has 138 valence electrons. The second-order valence-corrected chi connectivity index (χ2v) is 5.40. The molecule has 0 N–H and O–H groups in total. The highest BCUT2D eigenvalue weighted by atomic mass is 16.5. The van der Waals surface area contributed by atoms with Crippen LogP contribution in [0.3, 0.4) is 0 Å². The largest absolute Gasteiger partial charge is 0.496 e. The maximum absolute atomic E-state index is 12.6. The summed E-state index contributed by atoms with van der Waals surface area (Å²) >= 11 is 0. The minimum Gasteiger partial charge on any atom is -0.496 e. The van der Waals surface area contributed by atoms with Crippen molar-refractivity contribution in [3.05, 3.63) is 52.9 Å². The van der Waals surface area contributed by atoms with Gasteiger partial charge in [-0.25, -0.2) is 4.79 Å². The van der Waals surface area contributed by atoms with E-state index in [1.807, 2.05) is 0 Å². The minimum atomic E-state index is -0.282. The van der Waals surface area contributed by atoms with Crippen LogP contribution in [0, 0.1) is 0 Å². The molecule has 27 heavy (non-hydrogen) atoms. The standard InChI is InChI=1S/C20H16O7/c1-23-15-5-4-12(8-17(15)24-2)16-11-14(22)20-18(25-3)9-13(26-7-6-21)10-19(20)27-16/h4-5,7-11H,1-3H3. The molecular formula is C20H16O7. The molecule has 0 atom stereocenters. The van der Waals surface area contributed by atoms with Crippen LogP contribution in [0.5, 0.6) is 23.0 Å². The lowest BCUT2D eigenvalue weighted by Gasteiger charge is -2.11. The topological polar surface area (TPSA) is 84.2 Å². The van der Waals surface area contributed by atoms with E-state index in [1.54, 1.807) is 18.2 Å². The SMILES string of the molecule is COc1ccc(-c2cc(=O)c3c(OC)cc(OC=C=O)cc3o2)cc1OC. The molecule has 0 fully saturated rings. The van der Waals surface area contributed by atoms with E-state index in [1.165, 1.54) is 45.5 Å². The van der Waals surface area contributed by atoms with Crippen LogP contribution in [0.1, 0.15) is 0 Å². The zero-order valence-corrected chi connectivity index (χ0v) is 14.9. The van der Waals surface area contributed by atoms with Crippen molar-refractivity contribution in [1.82, 2.24) is 0 Å². The van der Waals surface area contributed by atoms with Gasteiger partial charge < -0.3 is 23.4 Å². The molecule has 0 bridgehead atoms. The molecule has 0 aliphatic heterocycles. The Morgan fingerprint density at radius 2 is 1.67 bits per heavy atom. The summed E-state index contributed by atoms with van der Waals surface area (Å²) in [5, 5.41) is 0.268. The molecule has 7 heteroatoms. The summed E-state index contributed by atoms with van der Waals surface area (Å²) in [6, 6.07) is 9.53. The Hall–Kier alpha value is -3.70. The van der Waals surface area contributed by atoms with Gasteiger partial charge in [0, 0.05) is 23.8 Å². The van der Waals surface area contributed by atoms with Crippen molar-refractivity contribution >= 4 is 16.9 Å². The van der Waals surface area contributed by atoms with E-state index >= 15 is 0 Å². The van der Waals surface area contributed by atoms with Gasteiger partial charge in [-0.3, -0.25) is 4.79 Å². The fourth-order valence-electron chi connectivity index (χ4n) is 2.68. The number of hydrogen-bond acceptors (Lipinski definition) is 7. The monoisotopic (exact) mass is 368 g/mol. The van der Waals surface area contributed by atoms with Crippen molar-refractivity contribution in [2.75, 3.05) is 21.3 Å². The molecule has 0 spiro atoms. The molecule has 0 amide bonds. The van der Waals surface area contributed by atoms with Crippen molar-refractivity contribution in [2.45, 2.75) is 0 Å². The lowest BCUT2D eigenvalue weighted by molar-refractivity contribution is 0.355. The van der Waals surface area contributed by atoms with Gasteiger partial charge >= 0.3 is 0 Å². The third kappa shape index (κ3) is 3.49. The van der Waals surface area contributed by atoms with Gasteiger partial charge in [0.1, 0.15) is 28.2 Å². The van der Waals surface area contributed by atoms with Crippen LogP contribution < -0.4 is 24.4 Å². The van der Waals surface area contributed by atoms with E-state index in [4.69, 9.17) is 23.4 Å². The van der Waals surface area contributed by atoms with Crippen LogP contribution in [0.4, 0.5) is 0 Å². The molecule has 7 nitrogen and oxygen atoms in total. The first-order chi connectivity index (χ1) is 13.1. The number of ether oxygens (including phenoxy) is 4. The smallest absolute Gasteiger partial charge is 0.197 e. The van der Waals surface area contributed by atoms with Crippen molar-refractivity contribution in [3.8, 4) is 34.3 Å². The predicted molar refractivity (Wildman–Crippen MR) is 98.5 cm³/mol. The quantitative estimate of drug-likeness (QED) is 0.488. The van der Waals surface area contributed by atoms with Gasteiger partial charge in [-0.15, -0.1) is 0 Å². The second-order valence-electron chi connectivity index (χ2n) is 5.40. The molecular weight excluding hydrogens is 352 g/mol. The Balaban J connectivity index is 2.21. The first-order valence-electron chi connectivity index (χ1n) is 7.85. The Bertz CT molecular complexity index is 1090. The molecule has 0 saturated carbocycles. The van der Waals surface area contributed by atoms with Gasteiger partial charge in [-0.05, 0) is 18.2 Å². The van der Waals surface area contributed by atoms with Crippen molar-refractivity contribution in [2.24, 2.45) is 0 Å². The average Bonchev–Trinajstić information content (AvgIpc) is 2.70. The summed E-state index contributed by atoms with van der Waals surface area (Å²) in [5.41, 5.74) is 0.598. The summed E-state index contributed by atoms with van der Waals surface area (Å²) in [7, 11) is 4.48. The van der Waals surface area contributed by atoms with Crippen LogP contribution in [-0.2, 0) is 4.79 Å². The molecule has 0 unspecified atom stereocenters. The third-order valence-electron chi connectivity index (χ3n) is 3.90. The van der Waals surface area contributed by atoms with E-state index in [2.05, 4.69) is 0 Å². The van der Waals surface area contributed by atoms with Crippen molar-refractivity contribution in [3.63, 3.8) is 0 Å². The summed E-state index contributed by atoms with van der Waals surface area (Å²) in [6.07, 6.45) is 0.858.